The lowest BCUT2D eigenvalue weighted by molar-refractivity contribution is -0.153. The maximum Gasteiger partial charge on any atom is 0.407 e. The topological polar surface area (TPSA) is 157 Å². The minimum absolute atomic E-state index is 0.0414. The fraction of sp³-hybridized carbons (Fsp3) is 0.576. The fourth-order valence-corrected chi connectivity index (χ4v) is 8.72. The van der Waals surface area contributed by atoms with E-state index in [9.17, 15) is 23.1 Å². The van der Waals surface area contributed by atoms with Gasteiger partial charge < -0.3 is 30.4 Å². The molecule has 5 unspecified atom stereocenters. The summed E-state index contributed by atoms with van der Waals surface area (Å²) in [5, 5.41) is 14.4. The van der Waals surface area contributed by atoms with Crippen LogP contribution >= 0.6 is 0 Å². The number of hydrogen-bond acceptors (Lipinski definition) is 8. The van der Waals surface area contributed by atoms with Crippen molar-refractivity contribution >= 4 is 22.0 Å². The predicted molar refractivity (Wildman–Crippen MR) is 164 cm³/mol. The van der Waals surface area contributed by atoms with Gasteiger partial charge >= 0.3 is 6.09 Å². The molecule has 2 heterocycles. The van der Waals surface area contributed by atoms with Gasteiger partial charge in [0.1, 0.15) is 6.10 Å². The number of aliphatic hydroxyl groups excluding tert-OH is 1. The molecule has 12 heteroatoms. The van der Waals surface area contributed by atoms with Crippen LogP contribution in [0.5, 0.6) is 0 Å². The quantitative estimate of drug-likeness (QED) is 0.301. The van der Waals surface area contributed by atoms with E-state index in [1.807, 2.05) is 44.2 Å². The third kappa shape index (κ3) is 6.62. The number of ether oxygens (including phenoxy) is 3. The first-order chi connectivity index (χ1) is 21.5. The van der Waals surface area contributed by atoms with Gasteiger partial charge in [-0.2, -0.15) is 4.31 Å². The molecule has 45 heavy (non-hydrogen) atoms. The Balaban J connectivity index is 1.19. The van der Waals surface area contributed by atoms with Crippen molar-refractivity contribution < 1.29 is 37.3 Å². The summed E-state index contributed by atoms with van der Waals surface area (Å²) in [6.07, 6.45) is 0.348. The molecule has 244 valence electrons. The molecule has 6 rings (SSSR count). The molecular formula is C33H43N3O8S. The minimum atomic E-state index is -4.04. The van der Waals surface area contributed by atoms with E-state index in [-0.39, 0.29) is 48.6 Å². The highest BCUT2D eigenvalue weighted by atomic mass is 32.2. The molecule has 2 amide bonds. The van der Waals surface area contributed by atoms with Crippen molar-refractivity contribution in [1.29, 1.82) is 0 Å². The van der Waals surface area contributed by atoms with Crippen molar-refractivity contribution in [3.63, 3.8) is 0 Å². The van der Waals surface area contributed by atoms with E-state index in [4.69, 9.17) is 19.9 Å². The van der Waals surface area contributed by atoms with Crippen LogP contribution < -0.4 is 11.1 Å². The van der Waals surface area contributed by atoms with Crippen LogP contribution in [0.15, 0.2) is 59.5 Å². The lowest BCUT2D eigenvalue weighted by Crippen LogP contribution is -2.53. The van der Waals surface area contributed by atoms with Crippen LogP contribution in [-0.2, 0) is 40.9 Å². The summed E-state index contributed by atoms with van der Waals surface area (Å²) in [6.45, 7) is 4.17. The molecule has 4 N–H and O–H groups in total. The molecule has 2 aliphatic carbocycles. The van der Waals surface area contributed by atoms with E-state index in [2.05, 4.69) is 5.32 Å². The molecule has 0 aromatic heterocycles. The number of aliphatic hydroxyl groups is 1. The van der Waals surface area contributed by atoms with Crippen LogP contribution in [-0.4, -0.2) is 80.2 Å². The third-order valence-electron chi connectivity index (χ3n) is 9.68. The number of rotatable bonds is 13. The van der Waals surface area contributed by atoms with Crippen molar-refractivity contribution in [2.75, 3.05) is 19.7 Å². The Morgan fingerprint density at radius 1 is 1.07 bits per heavy atom. The van der Waals surface area contributed by atoms with Crippen molar-refractivity contribution in [3.8, 4) is 0 Å². The van der Waals surface area contributed by atoms with Crippen LogP contribution in [0.3, 0.4) is 0 Å². The van der Waals surface area contributed by atoms with Crippen molar-refractivity contribution in [3.05, 3.63) is 65.7 Å². The zero-order valence-electron chi connectivity index (χ0n) is 25.7. The number of carbonyl (C=O) groups excluding carboxylic acids is 2. The highest BCUT2D eigenvalue weighted by Crippen LogP contribution is 2.48. The largest absolute Gasteiger partial charge is 0.443 e. The van der Waals surface area contributed by atoms with Gasteiger partial charge in [0.2, 0.25) is 15.9 Å². The number of nitrogens with one attached hydrogen (secondary N) is 1. The zero-order chi connectivity index (χ0) is 31.9. The van der Waals surface area contributed by atoms with E-state index < -0.39 is 45.7 Å². The second kappa shape index (κ2) is 12.6. The average Bonchev–Trinajstić information content (AvgIpc) is 3.77. The highest BCUT2D eigenvalue weighted by molar-refractivity contribution is 7.89. The van der Waals surface area contributed by atoms with Crippen molar-refractivity contribution in [1.82, 2.24) is 9.62 Å². The Kier molecular flexibility index (Phi) is 8.97. The van der Waals surface area contributed by atoms with E-state index >= 15 is 0 Å². The van der Waals surface area contributed by atoms with Crippen LogP contribution in [0, 0.1) is 17.8 Å². The smallest absolute Gasteiger partial charge is 0.407 e. The first-order valence-electron chi connectivity index (χ1n) is 15.8. The van der Waals surface area contributed by atoms with Gasteiger partial charge in [-0.25, -0.2) is 13.2 Å². The summed E-state index contributed by atoms with van der Waals surface area (Å²) in [6, 6.07) is 14.8. The number of sulfonamides is 1. The SMILES string of the molecule is CC(C)CN(C[C@@H](O)[C@H](Cc1ccccc1)NC(=O)OC1C2COC3OC1CC3C2)S(=O)(=O)c1ccc(C2(C(N)=O)CC2)cc1. The Morgan fingerprint density at radius 2 is 1.78 bits per heavy atom. The second-order valence-corrected chi connectivity index (χ2v) is 15.4. The first kappa shape index (κ1) is 31.9. The first-order valence-corrected chi connectivity index (χ1v) is 17.3. The number of alkyl carbamates (subject to hydrolysis) is 1. The summed E-state index contributed by atoms with van der Waals surface area (Å²) in [7, 11) is -4.04. The number of nitrogens with two attached hydrogens (primary N) is 1. The summed E-state index contributed by atoms with van der Waals surface area (Å²) in [5.74, 6) is -0.0818. The third-order valence-corrected chi connectivity index (χ3v) is 11.5. The molecule has 2 saturated heterocycles. The Hall–Kier alpha value is -3.03. The summed E-state index contributed by atoms with van der Waals surface area (Å²) in [4.78, 5) is 25.3. The number of carbonyl (C=O) groups is 2. The molecule has 3 bridgehead atoms. The molecule has 2 aromatic rings. The predicted octanol–water partition coefficient (Wildman–Crippen LogP) is 2.70. The van der Waals surface area contributed by atoms with E-state index in [1.54, 1.807) is 12.1 Å². The number of hydrogen-bond donors (Lipinski definition) is 3. The van der Waals surface area contributed by atoms with Gasteiger partial charge in [0.05, 0.1) is 35.2 Å². The standard InChI is InChI=1S/C33H43N3O8S/c1-20(2)17-36(45(40,41)25-10-8-24(9-11-25)33(12-13-33)31(34)38)18-27(37)26(14-21-6-4-3-5-7-21)35-32(39)44-29-23-15-22-16-28(29)43-30(22)42-19-23/h3-11,20,22-23,26-30,37H,12-19H2,1-2H3,(H2,34,38)(H,35,39)/t22?,23?,26-,27+,28?,29?,30?/m0/s1. The van der Waals surface area contributed by atoms with E-state index in [0.717, 1.165) is 18.4 Å². The average molecular weight is 642 g/mol. The Morgan fingerprint density at radius 3 is 2.42 bits per heavy atom. The number of nitrogens with zero attached hydrogens (tertiary/aromatic N) is 1. The Bertz CT molecular complexity index is 1470. The molecule has 7 atom stereocenters. The van der Waals surface area contributed by atoms with Crippen molar-refractivity contribution in [2.45, 2.75) is 86.9 Å². The van der Waals surface area contributed by atoms with Gasteiger partial charge in [-0.15, -0.1) is 0 Å². The van der Waals surface area contributed by atoms with Crippen LogP contribution in [0.1, 0.15) is 50.7 Å². The van der Waals surface area contributed by atoms with Gasteiger partial charge in [0, 0.05) is 24.9 Å². The highest BCUT2D eigenvalue weighted by Gasteiger charge is 2.54. The van der Waals surface area contributed by atoms with Crippen LogP contribution in [0.25, 0.3) is 0 Å². The molecule has 2 aromatic carbocycles. The summed E-state index contributed by atoms with van der Waals surface area (Å²) >= 11 is 0. The molecule has 2 aliphatic heterocycles. The van der Waals surface area contributed by atoms with Crippen LogP contribution in [0.2, 0.25) is 0 Å². The maximum absolute atomic E-state index is 13.9. The summed E-state index contributed by atoms with van der Waals surface area (Å²) < 4.78 is 46.7. The van der Waals surface area contributed by atoms with Gasteiger partial charge in [-0.05, 0) is 61.3 Å². The molecule has 0 radical (unpaired) electrons. The van der Waals surface area contributed by atoms with Crippen molar-refractivity contribution in [2.24, 2.45) is 23.5 Å². The fourth-order valence-electron chi connectivity index (χ4n) is 7.09. The van der Waals surface area contributed by atoms with Gasteiger partial charge in [-0.1, -0.05) is 56.3 Å². The number of fused-ring (bicyclic) bond motifs is 2. The normalized spacial score (nSPS) is 27.7. The van der Waals surface area contributed by atoms with Crippen LogP contribution in [0.4, 0.5) is 4.79 Å². The molecule has 4 fully saturated rings. The molecule has 11 nitrogen and oxygen atoms in total. The number of benzene rings is 2. The zero-order valence-corrected chi connectivity index (χ0v) is 26.5. The molecule has 4 aliphatic rings. The van der Waals surface area contributed by atoms with E-state index in [0.29, 0.717) is 30.9 Å². The summed E-state index contributed by atoms with van der Waals surface area (Å²) in [5.41, 5.74) is 6.45. The Labute approximate surface area is 264 Å². The van der Waals surface area contributed by atoms with Gasteiger partial charge in [-0.3, -0.25) is 4.79 Å². The number of primary amides is 1. The molecular weight excluding hydrogens is 598 g/mol. The lowest BCUT2D eigenvalue weighted by atomic mass is 9.78. The molecule has 2 saturated carbocycles. The lowest BCUT2D eigenvalue weighted by Gasteiger charge is -2.37. The van der Waals surface area contributed by atoms with E-state index in [1.165, 1.54) is 16.4 Å². The maximum atomic E-state index is 13.9. The van der Waals surface area contributed by atoms with Gasteiger partial charge in [0.15, 0.2) is 6.29 Å². The van der Waals surface area contributed by atoms with Gasteiger partial charge in [0.25, 0.3) is 0 Å². The monoisotopic (exact) mass is 641 g/mol. The minimum Gasteiger partial charge on any atom is -0.443 e. The second-order valence-electron chi connectivity index (χ2n) is 13.4. The number of amides is 2. The molecule has 0 spiro atoms.